The maximum atomic E-state index is 13.0. The minimum absolute atomic E-state index is 0.181. The average molecular weight is 246 g/mol. The van der Waals surface area contributed by atoms with Crippen molar-refractivity contribution in [1.82, 2.24) is 0 Å². The molecule has 0 aliphatic carbocycles. The molecule has 0 aliphatic heterocycles. The predicted molar refractivity (Wildman–Crippen MR) is 73.2 cm³/mol. The Labute approximate surface area is 107 Å². The largest absolute Gasteiger partial charge is 0.396 e. The van der Waals surface area contributed by atoms with Gasteiger partial charge in [-0.25, -0.2) is 4.39 Å². The second-order valence-electron chi connectivity index (χ2n) is 4.71. The Hall–Kier alpha value is -1.41. The van der Waals surface area contributed by atoms with Gasteiger partial charge in [-0.15, -0.1) is 0 Å². The van der Waals surface area contributed by atoms with Crippen molar-refractivity contribution in [2.45, 2.75) is 32.1 Å². The third kappa shape index (κ3) is 3.54. The quantitative estimate of drug-likeness (QED) is 0.762. The molecule has 0 saturated heterocycles. The summed E-state index contributed by atoms with van der Waals surface area (Å²) in [5, 5.41) is 10.8. The van der Waals surface area contributed by atoms with Crippen LogP contribution in [0.3, 0.4) is 0 Å². The lowest BCUT2D eigenvalue weighted by Gasteiger charge is -2.04. The van der Waals surface area contributed by atoms with Crippen molar-refractivity contribution in [2.75, 3.05) is 6.61 Å². The predicted octanol–water partition coefficient (Wildman–Crippen LogP) is 4.07. The van der Waals surface area contributed by atoms with E-state index in [1.54, 1.807) is 6.07 Å². The molecule has 0 unspecified atom stereocenters. The van der Waals surface area contributed by atoms with Crippen molar-refractivity contribution in [3.63, 3.8) is 0 Å². The van der Waals surface area contributed by atoms with Gasteiger partial charge in [0.1, 0.15) is 5.82 Å². The Morgan fingerprint density at radius 3 is 2.39 bits per heavy atom. The van der Waals surface area contributed by atoms with Crippen LogP contribution in [0.25, 0.3) is 10.8 Å². The molecule has 2 rings (SSSR count). The standard InChI is InChI=1S/C16H19FO/c17-16-9-8-14-11-13(6-7-15(14)12-16)5-3-1-2-4-10-18/h6-9,11-12,18H,1-5,10H2. The van der Waals surface area contributed by atoms with Crippen LogP contribution < -0.4 is 0 Å². The van der Waals surface area contributed by atoms with Gasteiger partial charge in [-0.3, -0.25) is 0 Å². The molecule has 0 fully saturated rings. The maximum Gasteiger partial charge on any atom is 0.123 e. The fourth-order valence-corrected chi connectivity index (χ4v) is 2.22. The van der Waals surface area contributed by atoms with Gasteiger partial charge in [0, 0.05) is 6.61 Å². The van der Waals surface area contributed by atoms with Crippen molar-refractivity contribution in [1.29, 1.82) is 0 Å². The van der Waals surface area contributed by atoms with Gasteiger partial charge in [-0.1, -0.05) is 37.1 Å². The van der Waals surface area contributed by atoms with Crippen LogP contribution in [0.2, 0.25) is 0 Å². The summed E-state index contributed by atoms with van der Waals surface area (Å²) < 4.78 is 13.0. The van der Waals surface area contributed by atoms with E-state index in [1.807, 2.05) is 12.1 Å². The van der Waals surface area contributed by atoms with E-state index in [0.29, 0.717) is 6.61 Å². The van der Waals surface area contributed by atoms with Crippen LogP contribution in [0.1, 0.15) is 31.2 Å². The van der Waals surface area contributed by atoms with Crippen LogP contribution in [0, 0.1) is 5.82 Å². The van der Waals surface area contributed by atoms with Crippen LogP contribution >= 0.6 is 0 Å². The molecule has 0 amide bonds. The molecular formula is C16H19FO. The summed E-state index contributed by atoms with van der Waals surface area (Å²) in [5.41, 5.74) is 1.30. The molecule has 2 heteroatoms. The number of aliphatic hydroxyl groups excluding tert-OH is 1. The highest BCUT2D eigenvalue weighted by Crippen LogP contribution is 2.18. The summed E-state index contributed by atoms with van der Waals surface area (Å²) in [6, 6.07) is 11.1. The fourth-order valence-electron chi connectivity index (χ4n) is 2.22. The number of unbranched alkanes of at least 4 members (excludes halogenated alkanes) is 3. The van der Waals surface area contributed by atoms with Crippen molar-refractivity contribution < 1.29 is 9.50 Å². The minimum atomic E-state index is -0.181. The molecule has 0 radical (unpaired) electrons. The van der Waals surface area contributed by atoms with E-state index in [9.17, 15) is 4.39 Å². The van der Waals surface area contributed by atoms with Crippen LogP contribution in [0.15, 0.2) is 36.4 Å². The molecule has 0 heterocycles. The third-order valence-corrected chi connectivity index (χ3v) is 3.24. The SMILES string of the molecule is OCCCCCCc1ccc2cc(F)ccc2c1. The second kappa shape index (κ2) is 6.50. The zero-order chi connectivity index (χ0) is 12.8. The van der Waals surface area contributed by atoms with E-state index in [1.165, 1.54) is 11.6 Å². The van der Waals surface area contributed by atoms with Gasteiger partial charge in [-0.05, 0) is 47.7 Å². The molecule has 0 spiro atoms. The number of aliphatic hydroxyl groups is 1. The van der Waals surface area contributed by atoms with E-state index < -0.39 is 0 Å². The monoisotopic (exact) mass is 246 g/mol. The smallest absolute Gasteiger partial charge is 0.123 e. The fraction of sp³-hybridized carbons (Fsp3) is 0.375. The number of fused-ring (bicyclic) bond motifs is 1. The van der Waals surface area contributed by atoms with Crippen molar-refractivity contribution in [3.05, 3.63) is 47.8 Å². The highest BCUT2D eigenvalue weighted by molar-refractivity contribution is 5.83. The summed E-state index contributed by atoms with van der Waals surface area (Å²) in [4.78, 5) is 0. The number of rotatable bonds is 6. The average Bonchev–Trinajstić information content (AvgIpc) is 2.38. The first kappa shape index (κ1) is 13.0. The summed E-state index contributed by atoms with van der Waals surface area (Å²) in [5.74, 6) is -0.181. The molecule has 18 heavy (non-hydrogen) atoms. The van der Waals surface area contributed by atoms with Gasteiger partial charge in [0.25, 0.3) is 0 Å². The first-order valence-corrected chi connectivity index (χ1v) is 6.58. The summed E-state index contributed by atoms with van der Waals surface area (Å²) in [6.45, 7) is 0.293. The van der Waals surface area contributed by atoms with Gasteiger partial charge in [0.05, 0.1) is 0 Å². The molecular weight excluding hydrogens is 227 g/mol. The number of hydrogen-bond donors (Lipinski definition) is 1. The Morgan fingerprint density at radius 2 is 1.56 bits per heavy atom. The molecule has 2 aromatic carbocycles. The first-order chi connectivity index (χ1) is 8.79. The Kier molecular flexibility index (Phi) is 4.71. The van der Waals surface area contributed by atoms with E-state index in [2.05, 4.69) is 12.1 Å². The summed E-state index contributed by atoms with van der Waals surface area (Å²) in [7, 11) is 0. The molecule has 0 atom stereocenters. The normalized spacial score (nSPS) is 11.0. The summed E-state index contributed by atoms with van der Waals surface area (Å²) in [6.07, 6.45) is 5.35. The van der Waals surface area contributed by atoms with E-state index in [-0.39, 0.29) is 5.82 Å². The lowest BCUT2D eigenvalue weighted by Crippen LogP contribution is -1.88. The second-order valence-corrected chi connectivity index (χ2v) is 4.71. The molecule has 1 nitrogen and oxygen atoms in total. The molecule has 0 aliphatic rings. The van der Waals surface area contributed by atoms with E-state index in [4.69, 9.17) is 5.11 Å². The lowest BCUT2D eigenvalue weighted by molar-refractivity contribution is 0.282. The zero-order valence-electron chi connectivity index (χ0n) is 10.5. The molecule has 2 aromatic rings. The third-order valence-electron chi connectivity index (χ3n) is 3.24. The topological polar surface area (TPSA) is 20.2 Å². The van der Waals surface area contributed by atoms with Gasteiger partial charge >= 0.3 is 0 Å². The lowest BCUT2D eigenvalue weighted by atomic mass is 10.0. The van der Waals surface area contributed by atoms with Crippen molar-refractivity contribution in [3.8, 4) is 0 Å². The number of benzene rings is 2. The number of halogens is 1. The van der Waals surface area contributed by atoms with Crippen LogP contribution in [-0.4, -0.2) is 11.7 Å². The maximum absolute atomic E-state index is 13.0. The Bertz CT molecular complexity index is 507. The van der Waals surface area contributed by atoms with E-state index in [0.717, 1.165) is 42.9 Å². The first-order valence-electron chi connectivity index (χ1n) is 6.58. The van der Waals surface area contributed by atoms with Gasteiger partial charge in [0.2, 0.25) is 0 Å². The Morgan fingerprint density at radius 1 is 0.833 bits per heavy atom. The Balaban J connectivity index is 1.95. The molecule has 0 bridgehead atoms. The molecule has 0 aromatic heterocycles. The highest BCUT2D eigenvalue weighted by Gasteiger charge is 1.99. The molecule has 1 N–H and O–H groups in total. The summed E-state index contributed by atoms with van der Waals surface area (Å²) >= 11 is 0. The van der Waals surface area contributed by atoms with Gasteiger partial charge in [0.15, 0.2) is 0 Å². The van der Waals surface area contributed by atoms with Crippen molar-refractivity contribution >= 4 is 10.8 Å². The van der Waals surface area contributed by atoms with E-state index >= 15 is 0 Å². The van der Waals surface area contributed by atoms with Gasteiger partial charge in [-0.2, -0.15) is 0 Å². The minimum Gasteiger partial charge on any atom is -0.396 e. The number of aryl methyl sites for hydroxylation is 1. The zero-order valence-corrected chi connectivity index (χ0v) is 10.5. The van der Waals surface area contributed by atoms with Crippen LogP contribution in [-0.2, 0) is 6.42 Å². The van der Waals surface area contributed by atoms with Crippen LogP contribution in [0.4, 0.5) is 4.39 Å². The molecule has 0 saturated carbocycles. The number of hydrogen-bond acceptors (Lipinski definition) is 1. The van der Waals surface area contributed by atoms with Crippen molar-refractivity contribution in [2.24, 2.45) is 0 Å². The highest BCUT2D eigenvalue weighted by atomic mass is 19.1. The molecule has 96 valence electrons. The van der Waals surface area contributed by atoms with Gasteiger partial charge < -0.3 is 5.11 Å². The van der Waals surface area contributed by atoms with Crippen LogP contribution in [0.5, 0.6) is 0 Å².